The van der Waals surface area contributed by atoms with Gasteiger partial charge in [0.2, 0.25) is 11.8 Å². The summed E-state index contributed by atoms with van der Waals surface area (Å²) in [6, 6.07) is 6.50. The van der Waals surface area contributed by atoms with E-state index in [2.05, 4.69) is 10.2 Å². The molecule has 0 aliphatic carbocycles. The molecule has 8 nitrogen and oxygen atoms in total. The van der Waals surface area contributed by atoms with E-state index < -0.39 is 31.0 Å². The minimum Gasteiger partial charge on any atom is -0.418 e. The summed E-state index contributed by atoms with van der Waals surface area (Å²) >= 11 is 5.76. The lowest BCUT2D eigenvalue weighted by atomic mass is 10.0. The van der Waals surface area contributed by atoms with Gasteiger partial charge in [0.25, 0.3) is 0 Å². The van der Waals surface area contributed by atoms with Gasteiger partial charge in [-0.25, -0.2) is 0 Å². The maximum Gasteiger partial charge on any atom is 0.248 e. The van der Waals surface area contributed by atoms with Gasteiger partial charge in [0.1, 0.15) is 18.3 Å². The van der Waals surface area contributed by atoms with Crippen molar-refractivity contribution < 1.29 is 29.9 Å². The molecule has 1 heterocycles. The smallest absolute Gasteiger partial charge is 0.248 e. The lowest BCUT2D eigenvalue weighted by Crippen LogP contribution is -2.42. The molecular weight excluding hydrogens is 316 g/mol. The van der Waals surface area contributed by atoms with Crippen LogP contribution in [-0.2, 0) is 0 Å². The molecule has 9 heteroatoms. The fourth-order valence-corrected chi connectivity index (χ4v) is 1.86. The molecule has 4 atom stereocenters. The van der Waals surface area contributed by atoms with Gasteiger partial charge in [0, 0.05) is 10.6 Å². The minimum atomic E-state index is -1.80. The van der Waals surface area contributed by atoms with Crippen LogP contribution < -0.4 is 0 Å². The Balaban J connectivity index is 2.15. The minimum absolute atomic E-state index is 0.0927. The molecule has 0 spiro atoms. The SMILES string of the molecule is OC[C@@H](O)[C@H](O)[C@H](O)[C@@H](O)c1nnc(-c2ccc(Cl)cc2)o1. The molecule has 0 fully saturated rings. The average molecular weight is 331 g/mol. The third kappa shape index (κ3) is 3.61. The molecule has 5 N–H and O–H groups in total. The largest absolute Gasteiger partial charge is 0.418 e. The van der Waals surface area contributed by atoms with Gasteiger partial charge in [-0.3, -0.25) is 0 Å². The van der Waals surface area contributed by atoms with E-state index in [1.165, 1.54) is 0 Å². The number of aliphatic hydroxyl groups excluding tert-OH is 5. The highest BCUT2D eigenvalue weighted by Crippen LogP contribution is 2.24. The summed E-state index contributed by atoms with van der Waals surface area (Å²) < 4.78 is 5.23. The average Bonchev–Trinajstić information content (AvgIpc) is 3.02. The number of hydrogen-bond donors (Lipinski definition) is 5. The van der Waals surface area contributed by atoms with Gasteiger partial charge in [-0.2, -0.15) is 0 Å². The van der Waals surface area contributed by atoms with Crippen LogP contribution in [0.5, 0.6) is 0 Å². The van der Waals surface area contributed by atoms with E-state index in [4.69, 9.17) is 21.1 Å². The van der Waals surface area contributed by atoms with Gasteiger partial charge < -0.3 is 29.9 Å². The predicted octanol–water partition coefficient (Wildman–Crippen LogP) is -0.502. The van der Waals surface area contributed by atoms with Gasteiger partial charge in [-0.15, -0.1) is 10.2 Å². The third-order valence-electron chi connectivity index (χ3n) is 3.04. The van der Waals surface area contributed by atoms with Crippen LogP contribution in [0.25, 0.3) is 11.5 Å². The second-order valence-electron chi connectivity index (χ2n) is 4.63. The van der Waals surface area contributed by atoms with Crippen LogP contribution in [0, 0.1) is 0 Å². The van der Waals surface area contributed by atoms with Crippen molar-refractivity contribution in [2.24, 2.45) is 0 Å². The zero-order valence-corrected chi connectivity index (χ0v) is 12.0. The fourth-order valence-electron chi connectivity index (χ4n) is 1.73. The Kier molecular flexibility index (Phi) is 5.46. The maximum absolute atomic E-state index is 9.89. The summed E-state index contributed by atoms with van der Waals surface area (Å²) in [5, 5.41) is 55.0. The first-order valence-corrected chi connectivity index (χ1v) is 6.74. The standard InChI is InChI=1S/C13H15ClN2O6/c14-7-3-1-6(2-4-7)12-15-16-13(22-12)11(21)10(20)9(19)8(18)5-17/h1-4,8-11,17-21H,5H2/t8-,9+,10+,11-/m1/s1. The number of benzene rings is 1. The van der Waals surface area contributed by atoms with Crippen LogP contribution in [0.2, 0.25) is 5.02 Å². The molecule has 0 saturated carbocycles. The van der Waals surface area contributed by atoms with E-state index in [0.29, 0.717) is 10.6 Å². The monoisotopic (exact) mass is 330 g/mol. The Morgan fingerprint density at radius 1 is 1.00 bits per heavy atom. The van der Waals surface area contributed by atoms with Crippen LogP contribution in [0.4, 0.5) is 0 Å². The predicted molar refractivity (Wildman–Crippen MR) is 74.8 cm³/mol. The van der Waals surface area contributed by atoms with Crippen molar-refractivity contribution in [1.29, 1.82) is 0 Å². The summed E-state index contributed by atoms with van der Waals surface area (Å²) in [7, 11) is 0. The van der Waals surface area contributed by atoms with Crippen molar-refractivity contribution in [3.05, 3.63) is 35.2 Å². The molecule has 120 valence electrons. The van der Waals surface area contributed by atoms with Crippen molar-refractivity contribution >= 4 is 11.6 Å². The molecule has 1 aromatic heterocycles. The van der Waals surface area contributed by atoms with Gasteiger partial charge >= 0.3 is 0 Å². The Labute approximate surface area is 130 Å². The number of aromatic nitrogens is 2. The summed E-state index contributed by atoms with van der Waals surface area (Å²) in [5.41, 5.74) is 0.556. The van der Waals surface area contributed by atoms with Crippen molar-refractivity contribution in [1.82, 2.24) is 10.2 Å². The van der Waals surface area contributed by atoms with Crippen LogP contribution in [-0.4, -0.2) is 60.6 Å². The Bertz CT molecular complexity index is 605. The number of hydrogen-bond acceptors (Lipinski definition) is 8. The fraction of sp³-hybridized carbons (Fsp3) is 0.385. The molecule has 2 rings (SSSR count). The van der Waals surface area contributed by atoms with E-state index in [1.807, 2.05) is 0 Å². The highest BCUT2D eigenvalue weighted by atomic mass is 35.5. The molecule has 0 radical (unpaired) electrons. The van der Waals surface area contributed by atoms with E-state index >= 15 is 0 Å². The number of nitrogens with zero attached hydrogens (tertiary/aromatic N) is 2. The number of aliphatic hydroxyl groups is 5. The van der Waals surface area contributed by atoms with Gasteiger partial charge in [0.05, 0.1) is 6.61 Å². The first-order valence-electron chi connectivity index (χ1n) is 6.36. The van der Waals surface area contributed by atoms with Gasteiger partial charge in [0.15, 0.2) is 6.10 Å². The highest BCUT2D eigenvalue weighted by molar-refractivity contribution is 6.30. The molecule has 2 aromatic rings. The Morgan fingerprint density at radius 3 is 2.23 bits per heavy atom. The van der Waals surface area contributed by atoms with Crippen molar-refractivity contribution in [3.63, 3.8) is 0 Å². The number of rotatable bonds is 6. The van der Waals surface area contributed by atoms with Crippen molar-refractivity contribution in [3.8, 4) is 11.5 Å². The topological polar surface area (TPSA) is 140 Å². The molecule has 0 bridgehead atoms. The molecular formula is C13H15ClN2O6. The summed E-state index contributed by atoms with van der Waals surface area (Å²) in [6.07, 6.45) is -6.90. The Hall–Kier alpha value is -1.55. The lowest BCUT2D eigenvalue weighted by molar-refractivity contribution is -0.121. The van der Waals surface area contributed by atoms with Crippen molar-refractivity contribution in [2.75, 3.05) is 6.61 Å². The first-order chi connectivity index (χ1) is 10.4. The molecule has 0 aliphatic heterocycles. The molecule has 0 amide bonds. The van der Waals surface area contributed by atoms with E-state index in [1.54, 1.807) is 24.3 Å². The Morgan fingerprint density at radius 2 is 1.64 bits per heavy atom. The van der Waals surface area contributed by atoms with Crippen LogP contribution in [0.15, 0.2) is 28.7 Å². The van der Waals surface area contributed by atoms with Crippen LogP contribution >= 0.6 is 11.6 Å². The van der Waals surface area contributed by atoms with Crippen molar-refractivity contribution in [2.45, 2.75) is 24.4 Å². The maximum atomic E-state index is 9.89. The first kappa shape index (κ1) is 16.8. The molecule has 1 aromatic carbocycles. The molecule has 0 saturated heterocycles. The van der Waals surface area contributed by atoms with E-state index in [-0.39, 0.29) is 11.8 Å². The number of halogens is 1. The summed E-state index contributed by atoms with van der Waals surface area (Å²) in [5.74, 6) is -0.239. The zero-order chi connectivity index (χ0) is 16.3. The highest BCUT2D eigenvalue weighted by Gasteiger charge is 2.34. The summed E-state index contributed by atoms with van der Waals surface area (Å²) in [4.78, 5) is 0. The zero-order valence-electron chi connectivity index (χ0n) is 11.2. The quantitative estimate of drug-likeness (QED) is 0.477. The van der Waals surface area contributed by atoms with Gasteiger partial charge in [-0.1, -0.05) is 11.6 Å². The van der Waals surface area contributed by atoms with Gasteiger partial charge in [-0.05, 0) is 24.3 Å². The van der Waals surface area contributed by atoms with Crippen LogP contribution in [0.3, 0.4) is 0 Å². The second-order valence-corrected chi connectivity index (χ2v) is 5.06. The molecule has 0 unspecified atom stereocenters. The lowest BCUT2D eigenvalue weighted by Gasteiger charge is -2.23. The molecule has 0 aliphatic rings. The van der Waals surface area contributed by atoms with Crippen LogP contribution in [0.1, 0.15) is 12.0 Å². The second kappa shape index (κ2) is 7.14. The van der Waals surface area contributed by atoms with E-state index in [9.17, 15) is 20.4 Å². The summed E-state index contributed by atoms with van der Waals surface area (Å²) in [6.45, 7) is -0.773. The normalized spacial score (nSPS) is 17.0. The molecule has 22 heavy (non-hydrogen) atoms. The van der Waals surface area contributed by atoms with E-state index in [0.717, 1.165) is 0 Å². The third-order valence-corrected chi connectivity index (χ3v) is 3.29.